The summed E-state index contributed by atoms with van der Waals surface area (Å²) < 4.78 is 0. The first-order valence-electron chi connectivity index (χ1n) is 6.99. The minimum atomic E-state index is 0.283. The van der Waals surface area contributed by atoms with Gasteiger partial charge in [0, 0.05) is 30.6 Å². The van der Waals surface area contributed by atoms with Gasteiger partial charge in [-0.1, -0.05) is 6.07 Å². The molecule has 104 valence electrons. The summed E-state index contributed by atoms with van der Waals surface area (Å²) in [7, 11) is 2.06. The van der Waals surface area contributed by atoms with Crippen LogP contribution in [0.1, 0.15) is 23.8 Å². The maximum Gasteiger partial charge on any atom is 0.237 e. The fraction of sp³-hybridized carbons (Fsp3) is 0.643. The number of hydrogen-bond donors (Lipinski definition) is 1. The van der Waals surface area contributed by atoms with E-state index < -0.39 is 0 Å². The van der Waals surface area contributed by atoms with E-state index in [1.165, 1.54) is 4.88 Å². The molecule has 1 aromatic rings. The van der Waals surface area contributed by atoms with Gasteiger partial charge < -0.3 is 10.2 Å². The summed E-state index contributed by atoms with van der Waals surface area (Å²) in [6.45, 7) is 3.49. The van der Waals surface area contributed by atoms with Gasteiger partial charge in [-0.25, -0.2) is 0 Å². The largest absolute Gasteiger partial charge is 0.334 e. The van der Waals surface area contributed by atoms with Crippen LogP contribution in [0.25, 0.3) is 0 Å². The molecule has 1 atom stereocenters. The minimum Gasteiger partial charge on any atom is -0.334 e. The summed E-state index contributed by atoms with van der Waals surface area (Å²) in [5.41, 5.74) is 0. The summed E-state index contributed by atoms with van der Waals surface area (Å²) in [6.07, 6.45) is 2.24. The van der Waals surface area contributed by atoms with Crippen molar-refractivity contribution in [2.24, 2.45) is 0 Å². The van der Waals surface area contributed by atoms with Crippen molar-refractivity contribution in [2.45, 2.75) is 24.9 Å². The molecule has 0 saturated carbocycles. The number of carbonyl (C=O) groups is 1. The van der Waals surface area contributed by atoms with Crippen molar-refractivity contribution in [1.29, 1.82) is 0 Å². The summed E-state index contributed by atoms with van der Waals surface area (Å²) in [6, 6.07) is 5.08. The fourth-order valence-corrected chi connectivity index (χ4v) is 3.73. The summed E-state index contributed by atoms with van der Waals surface area (Å²) in [5.74, 6) is 0.283. The Balaban J connectivity index is 1.62. The van der Waals surface area contributed by atoms with Gasteiger partial charge in [-0.2, -0.15) is 0 Å². The van der Waals surface area contributed by atoms with Gasteiger partial charge in [0.05, 0.1) is 12.6 Å². The third kappa shape index (κ3) is 2.68. The molecule has 2 fully saturated rings. The standard InChI is InChI=1S/C14H21N3OS/c1-16(11-8-15-9-11)10-14(18)17-6-2-4-12(17)13-5-3-7-19-13/h3,5,7,11-12,15H,2,4,6,8-10H2,1H3. The summed E-state index contributed by atoms with van der Waals surface area (Å²) in [4.78, 5) is 18.1. The average Bonchev–Trinajstić information content (AvgIpc) is 2.97. The molecule has 2 saturated heterocycles. The van der Waals surface area contributed by atoms with E-state index in [4.69, 9.17) is 0 Å². The van der Waals surface area contributed by atoms with E-state index in [2.05, 4.69) is 39.7 Å². The van der Waals surface area contributed by atoms with E-state index in [-0.39, 0.29) is 5.91 Å². The maximum absolute atomic E-state index is 12.5. The van der Waals surface area contributed by atoms with Crippen LogP contribution in [0.3, 0.4) is 0 Å². The minimum absolute atomic E-state index is 0.283. The van der Waals surface area contributed by atoms with E-state index in [0.717, 1.165) is 32.5 Å². The van der Waals surface area contributed by atoms with Gasteiger partial charge in [-0.15, -0.1) is 11.3 Å². The first-order chi connectivity index (χ1) is 9.25. The Labute approximate surface area is 118 Å². The average molecular weight is 279 g/mol. The van der Waals surface area contributed by atoms with Crippen LogP contribution >= 0.6 is 11.3 Å². The normalized spacial score (nSPS) is 23.9. The van der Waals surface area contributed by atoms with Gasteiger partial charge in [-0.05, 0) is 31.3 Å². The molecule has 5 heteroatoms. The number of nitrogens with one attached hydrogen (secondary N) is 1. The second-order valence-corrected chi connectivity index (χ2v) is 6.47. The van der Waals surface area contributed by atoms with Crippen molar-refractivity contribution < 1.29 is 4.79 Å². The van der Waals surface area contributed by atoms with Gasteiger partial charge in [0.25, 0.3) is 0 Å². The molecule has 4 nitrogen and oxygen atoms in total. The van der Waals surface area contributed by atoms with E-state index >= 15 is 0 Å². The number of hydrogen-bond acceptors (Lipinski definition) is 4. The number of carbonyl (C=O) groups excluding carboxylic acids is 1. The zero-order valence-electron chi connectivity index (χ0n) is 11.3. The predicted molar refractivity (Wildman–Crippen MR) is 77.3 cm³/mol. The van der Waals surface area contributed by atoms with Crippen LogP contribution in [-0.4, -0.2) is 55.0 Å². The SMILES string of the molecule is CN(CC(=O)N1CCCC1c1cccs1)C1CNC1. The Bertz CT molecular complexity index is 430. The smallest absolute Gasteiger partial charge is 0.237 e. The van der Waals surface area contributed by atoms with Crippen molar-refractivity contribution in [1.82, 2.24) is 15.1 Å². The third-order valence-corrected chi connectivity index (χ3v) is 5.19. The summed E-state index contributed by atoms with van der Waals surface area (Å²) in [5, 5.41) is 5.35. The Morgan fingerprint density at radius 3 is 3.05 bits per heavy atom. The molecule has 2 aliphatic heterocycles. The van der Waals surface area contributed by atoms with Crippen LogP contribution < -0.4 is 5.32 Å². The number of likely N-dealkylation sites (tertiary alicyclic amines) is 1. The second kappa shape index (κ2) is 5.61. The second-order valence-electron chi connectivity index (χ2n) is 5.49. The molecule has 3 rings (SSSR count). The Morgan fingerprint density at radius 1 is 1.58 bits per heavy atom. The molecule has 0 radical (unpaired) electrons. The van der Waals surface area contributed by atoms with E-state index in [1.807, 2.05) is 0 Å². The molecule has 1 aromatic heterocycles. The van der Waals surface area contributed by atoms with Crippen molar-refractivity contribution >= 4 is 17.2 Å². The van der Waals surface area contributed by atoms with Crippen LogP contribution in [0.15, 0.2) is 17.5 Å². The Hall–Kier alpha value is -0.910. The lowest BCUT2D eigenvalue weighted by Crippen LogP contribution is -2.57. The lowest BCUT2D eigenvalue weighted by molar-refractivity contribution is -0.133. The van der Waals surface area contributed by atoms with Crippen LogP contribution in [0.5, 0.6) is 0 Å². The molecule has 0 aliphatic carbocycles. The van der Waals surface area contributed by atoms with Crippen LogP contribution in [-0.2, 0) is 4.79 Å². The van der Waals surface area contributed by atoms with Gasteiger partial charge in [0.1, 0.15) is 0 Å². The van der Waals surface area contributed by atoms with Crippen molar-refractivity contribution in [3.8, 4) is 0 Å². The zero-order chi connectivity index (χ0) is 13.2. The first-order valence-corrected chi connectivity index (χ1v) is 7.87. The molecule has 19 heavy (non-hydrogen) atoms. The Morgan fingerprint density at radius 2 is 2.42 bits per heavy atom. The first kappa shape index (κ1) is 13.1. The Kier molecular flexibility index (Phi) is 3.86. The third-order valence-electron chi connectivity index (χ3n) is 4.21. The molecular formula is C14H21N3OS. The van der Waals surface area contributed by atoms with E-state index in [0.29, 0.717) is 18.6 Å². The number of rotatable bonds is 4. The van der Waals surface area contributed by atoms with Crippen molar-refractivity contribution in [3.05, 3.63) is 22.4 Å². The van der Waals surface area contributed by atoms with E-state index in [1.54, 1.807) is 11.3 Å². The van der Waals surface area contributed by atoms with Crippen LogP contribution in [0.2, 0.25) is 0 Å². The highest BCUT2D eigenvalue weighted by molar-refractivity contribution is 7.10. The molecule has 1 unspecified atom stereocenters. The van der Waals surface area contributed by atoms with Crippen molar-refractivity contribution in [2.75, 3.05) is 33.2 Å². The maximum atomic E-state index is 12.5. The molecule has 1 amide bonds. The fourth-order valence-electron chi connectivity index (χ4n) is 2.86. The lowest BCUT2D eigenvalue weighted by Gasteiger charge is -2.36. The highest BCUT2D eigenvalue weighted by Gasteiger charge is 2.32. The monoisotopic (exact) mass is 279 g/mol. The quantitative estimate of drug-likeness (QED) is 0.903. The van der Waals surface area contributed by atoms with Crippen LogP contribution in [0.4, 0.5) is 0 Å². The predicted octanol–water partition coefficient (Wildman–Crippen LogP) is 1.32. The highest BCUT2D eigenvalue weighted by Crippen LogP contribution is 2.34. The molecule has 2 aliphatic rings. The van der Waals surface area contributed by atoms with Gasteiger partial charge in [-0.3, -0.25) is 9.69 Å². The number of thiophene rings is 1. The number of amides is 1. The molecular weight excluding hydrogens is 258 g/mol. The molecule has 0 aromatic carbocycles. The van der Waals surface area contributed by atoms with Gasteiger partial charge in [0.15, 0.2) is 0 Å². The van der Waals surface area contributed by atoms with E-state index in [9.17, 15) is 4.79 Å². The highest BCUT2D eigenvalue weighted by atomic mass is 32.1. The molecule has 1 N–H and O–H groups in total. The topological polar surface area (TPSA) is 35.6 Å². The lowest BCUT2D eigenvalue weighted by atomic mass is 10.1. The van der Waals surface area contributed by atoms with Gasteiger partial charge >= 0.3 is 0 Å². The number of nitrogens with zero attached hydrogens (tertiary/aromatic N) is 2. The molecule has 0 bridgehead atoms. The molecule has 0 spiro atoms. The zero-order valence-corrected chi connectivity index (χ0v) is 12.2. The summed E-state index contributed by atoms with van der Waals surface area (Å²) >= 11 is 1.76. The number of likely N-dealkylation sites (N-methyl/N-ethyl adjacent to an activating group) is 1. The van der Waals surface area contributed by atoms with Gasteiger partial charge in [0.2, 0.25) is 5.91 Å². The molecule has 3 heterocycles. The van der Waals surface area contributed by atoms with Crippen LogP contribution in [0, 0.1) is 0 Å². The van der Waals surface area contributed by atoms with Crippen molar-refractivity contribution in [3.63, 3.8) is 0 Å².